The van der Waals surface area contributed by atoms with E-state index in [1.165, 1.54) is 0 Å². The Bertz CT molecular complexity index is 447. The lowest BCUT2D eigenvalue weighted by Crippen LogP contribution is -2.10. The van der Waals surface area contributed by atoms with Crippen molar-refractivity contribution in [2.75, 3.05) is 0 Å². The van der Waals surface area contributed by atoms with E-state index < -0.39 is 0 Å². The van der Waals surface area contributed by atoms with E-state index in [-0.39, 0.29) is 5.78 Å². The van der Waals surface area contributed by atoms with E-state index in [2.05, 4.69) is 4.99 Å². The number of aldehydes is 1. The van der Waals surface area contributed by atoms with Crippen LogP contribution in [0.3, 0.4) is 0 Å². The smallest absolute Gasteiger partial charge is 0.170 e. The van der Waals surface area contributed by atoms with Crippen LogP contribution >= 0.6 is 0 Å². The Morgan fingerprint density at radius 2 is 2.21 bits per heavy atom. The molecule has 0 N–H and O–H groups in total. The van der Waals surface area contributed by atoms with Crippen molar-refractivity contribution < 1.29 is 9.59 Å². The highest BCUT2D eigenvalue weighted by Crippen LogP contribution is 2.26. The molecule has 2 rings (SSSR count). The molecule has 0 radical (unpaired) electrons. The van der Waals surface area contributed by atoms with Gasteiger partial charge in [0.2, 0.25) is 0 Å². The molecule has 3 heteroatoms. The molecule has 1 aliphatic rings. The Morgan fingerprint density at radius 1 is 1.43 bits per heavy atom. The molecule has 0 spiro atoms. The highest BCUT2D eigenvalue weighted by molar-refractivity contribution is 6.15. The second-order valence-corrected chi connectivity index (χ2v) is 3.34. The van der Waals surface area contributed by atoms with E-state index in [0.717, 1.165) is 12.0 Å². The maximum atomic E-state index is 11.6. The van der Waals surface area contributed by atoms with Crippen LogP contribution in [0.5, 0.6) is 0 Å². The normalized spacial score (nSPS) is 14.6. The molecular formula is C11H9NO2. The summed E-state index contributed by atoms with van der Waals surface area (Å²) < 4.78 is 0. The Labute approximate surface area is 81.5 Å². The third-order valence-electron chi connectivity index (χ3n) is 2.18. The molecule has 0 unspecified atom stereocenters. The number of rotatable bonds is 1. The Balaban J connectivity index is 2.60. The minimum Gasteiger partial charge on any atom is -0.298 e. The number of carbonyl (C=O) groups excluding carboxylic acids is 2. The zero-order chi connectivity index (χ0) is 10.1. The van der Waals surface area contributed by atoms with Gasteiger partial charge in [-0.25, -0.2) is 0 Å². The molecule has 0 bridgehead atoms. The fourth-order valence-corrected chi connectivity index (χ4v) is 1.52. The van der Waals surface area contributed by atoms with Crippen molar-refractivity contribution in [3.05, 3.63) is 29.3 Å². The van der Waals surface area contributed by atoms with Crippen LogP contribution in [-0.4, -0.2) is 17.8 Å². The number of carbonyl (C=O) groups is 2. The van der Waals surface area contributed by atoms with Gasteiger partial charge in [-0.3, -0.25) is 14.6 Å². The van der Waals surface area contributed by atoms with Crippen LogP contribution in [0.15, 0.2) is 23.2 Å². The summed E-state index contributed by atoms with van der Waals surface area (Å²) in [7, 11) is 0. The van der Waals surface area contributed by atoms with Crippen LogP contribution in [0, 0.1) is 0 Å². The summed E-state index contributed by atoms with van der Waals surface area (Å²) >= 11 is 0. The van der Waals surface area contributed by atoms with E-state index in [1.54, 1.807) is 18.2 Å². The molecular weight excluding hydrogens is 178 g/mol. The zero-order valence-electron chi connectivity index (χ0n) is 7.78. The minimum absolute atomic E-state index is 0.0381. The van der Waals surface area contributed by atoms with Gasteiger partial charge in [-0.05, 0) is 25.1 Å². The highest BCUT2D eigenvalue weighted by atomic mass is 16.1. The van der Waals surface area contributed by atoms with Crippen LogP contribution in [0.2, 0.25) is 0 Å². The monoisotopic (exact) mass is 187 g/mol. The van der Waals surface area contributed by atoms with Gasteiger partial charge in [0.15, 0.2) is 5.78 Å². The van der Waals surface area contributed by atoms with Crippen molar-refractivity contribution in [1.29, 1.82) is 0 Å². The van der Waals surface area contributed by atoms with Gasteiger partial charge >= 0.3 is 0 Å². The summed E-state index contributed by atoms with van der Waals surface area (Å²) in [6, 6.07) is 4.97. The third-order valence-corrected chi connectivity index (χ3v) is 2.18. The minimum atomic E-state index is 0.0381. The third kappa shape index (κ3) is 1.37. The second kappa shape index (κ2) is 3.18. The predicted octanol–water partition coefficient (Wildman–Crippen LogP) is 2.18. The first-order chi connectivity index (χ1) is 6.70. The van der Waals surface area contributed by atoms with E-state index in [4.69, 9.17) is 0 Å². The van der Waals surface area contributed by atoms with Crippen LogP contribution in [0.25, 0.3) is 0 Å². The molecule has 1 aliphatic heterocycles. The summed E-state index contributed by atoms with van der Waals surface area (Å²) in [5, 5.41) is 0. The van der Waals surface area contributed by atoms with Gasteiger partial charge in [0.1, 0.15) is 6.29 Å². The first-order valence-electron chi connectivity index (χ1n) is 4.37. The molecule has 70 valence electrons. The van der Waals surface area contributed by atoms with Gasteiger partial charge in [-0.2, -0.15) is 0 Å². The fourth-order valence-electron chi connectivity index (χ4n) is 1.52. The molecule has 0 atom stereocenters. The molecule has 0 saturated heterocycles. The number of hydrogen-bond donors (Lipinski definition) is 0. The molecule has 0 amide bonds. The van der Waals surface area contributed by atoms with E-state index in [9.17, 15) is 9.59 Å². The Kier molecular flexibility index (Phi) is 2.00. The first kappa shape index (κ1) is 8.81. The van der Waals surface area contributed by atoms with Gasteiger partial charge in [0.05, 0.1) is 5.69 Å². The lowest BCUT2D eigenvalue weighted by Gasteiger charge is -2.11. The Hall–Kier alpha value is -1.77. The highest BCUT2D eigenvalue weighted by Gasteiger charge is 2.17. The maximum absolute atomic E-state index is 11.6. The van der Waals surface area contributed by atoms with Crippen molar-refractivity contribution in [3.8, 4) is 0 Å². The number of hydrogen-bond acceptors (Lipinski definition) is 3. The number of nitrogens with zero attached hydrogens (tertiary/aromatic N) is 1. The lowest BCUT2D eigenvalue weighted by molar-refractivity contribution is 0.0999. The van der Waals surface area contributed by atoms with E-state index >= 15 is 0 Å². The number of Topliss-reactive ketones (excluding diaryl/α,β-unsaturated/α-hetero) is 1. The number of benzene rings is 1. The molecule has 0 aliphatic carbocycles. The van der Waals surface area contributed by atoms with Gasteiger partial charge in [0.25, 0.3) is 0 Å². The van der Waals surface area contributed by atoms with E-state index in [0.29, 0.717) is 23.2 Å². The second-order valence-electron chi connectivity index (χ2n) is 3.34. The van der Waals surface area contributed by atoms with Crippen molar-refractivity contribution in [2.45, 2.75) is 13.3 Å². The van der Waals surface area contributed by atoms with Crippen LogP contribution < -0.4 is 0 Å². The molecule has 14 heavy (non-hydrogen) atoms. The summed E-state index contributed by atoms with van der Waals surface area (Å²) in [5.41, 5.74) is 2.57. The van der Waals surface area contributed by atoms with Crippen molar-refractivity contribution in [1.82, 2.24) is 0 Å². The average molecular weight is 187 g/mol. The van der Waals surface area contributed by atoms with Crippen LogP contribution in [0.1, 0.15) is 34.1 Å². The van der Waals surface area contributed by atoms with Gasteiger partial charge in [0, 0.05) is 23.3 Å². The van der Waals surface area contributed by atoms with Crippen molar-refractivity contribution >= 4 is 23.5 Å². The SMILES string of the molecule is CC1=Nc2ccc(C=O)cc2C(=O)C1. The molecule has 0 saturated carbocycles. The van der Waals surface area contributed by atoms with Crippen LogP contribution in [0.4, 0.5) is 5.69 Å². The molecule has 3 nitrogen and oxygen atoms in total. The van der Waals surface area contributed by atoms with Gasteiger partial charge < -0.3 is 0 Å². The molecule has 0 fully saturated rings. The van der Waals surface area contributed by atoms with Crippen LogP contribution in [-0.2, 0) is 0 Å². The van der Waals surface area contributed by atoms with E-state index in [1.807, 2.05) is 6.92 Å². The maximum Gasteiger partial charge on any atom is 0.170 e. The van der Waals surface area contributed by atoms with Gasteiger partial charge in [-0.1, -0.05) is 0 Å². The molecule has 1 heterocycles. The number of aliphatic imine (C=N–C) groups is 1. The Morgan fingerprint density at radius 3 is 2.93 bits per heavy atom. The summed E-state index contributed by atoms with van der Waals surface area (Å²) in [4.78, 5) is 26.3. The standard InChI is InChI=1S/C11H9NO2/c1-7-4-11(14)9-5-8(6-13)2-3-10(9)12-7/h2-3,5-6H,4H2,1H3. The quantitative estimate of drug-likeness (QED) is 0.632. The number of ketones is 1. The van der Waals surface area contributed by atoms with Crippen molar-refractivity contribution in [3.63, 3.8) is 0 Å². The summed E-state index contributed by atoms with van der Waals surface area (Å²) in [6.07, 6.45) is 1.09. The van der Waals surface area contributed by atoms with Gasteiger partial charge in [-0.15, -0.1) is 0 Å². The zero-order valence-corrected chi connectivity index (χ0v) is 7.78. The lowest BCUT2D eigenvalue weighted by atomic mass is 9.99. The van der Waals surface area contributed by atoms with Crippen molar-refractivity contribution in [2.24, 2.45) is 4.99 Å². The summed E-state index contributed by atoms with van der Waals surface area (Å²) in [5.74, 6) is 0.0381. The molecule has 1 aromatic rings. The number of fused-ring (bicyclic) bond motifs is 1. The summed E-state index contributed by atoms with van der Waals surface area (Å²) in [6.45, 7) is 1.83. The first-order valence-corrected chi connectivity index (χ1v) is 4.37. The molecule has 0 aromatic heterocycles. The fraction of sp³-hybridized carbons (Fsp3) is 0.182. The average Bonchev–Trinajstić information content (AvgIpc) is 2.17. The largest absolute Gasteiger partial charge is 0.298 e. The predicted molar refractivity (Wildman–Crippen MR) is 53.5 cm³/mol. The topological polar surface area (TPSA) is 46.5 Å². The molecule has 1 aromatic carbocycles.